The highest BCUT2D eigenvalue weighted by Gasteiger charge is 2.10. The van der Waals surface area contributed by atoms with Crippen LogP contribution in [0.1, 0.15) is 21.5 Å². The molecule has 0 saturated heterocycles. The third-order valence-corrected chi connectivity index (χ3v) is 2.73. The number of carbonyl (C=O) groups excluding carboxylic acids is 1. The van der Waals surface area contributed by atoms with Gasteiger partial charge in [0.25, 0.3) is 5.91 Å². The molecule has 0 aliphatic heterocycles. The molecule has 1 aromatic heterocycles. The highest BCUT2D eigenvalue weighted by Crippen LogP contribution is 2.06. The second kappa shape index (κ2) is 6.06. The van der Waals surface area contributed by atoms with Gasteiger partial charge in [-0.25, -0.2) is 4.39 Å². The molecule has 0 unspecified atom stereocenters. The van der Waals surface area contributed by atoms with Crippen LogP contribution in [0.2, 0.25) is 0 Å². The maximum atomic E-state index is 13.3. The summed E-state index contributed by atoms with van der Waals surface area (Å²) in [5, 5.41) is 2.66. The molecule has 1 amide bonds. The van der Waals surface area contributed by atoms with Crippen molar-refractivity contribution in [3.05, 3.63) is 65.2 Å². The minimum Gasteiger partial charge on any atom is -0.348 e. The van der Waals surface area contributed by atoms with E-state index in [1.54, 1.807) is 0 Å². The molecule has 1 heterocycles. The van der Waals surface area contributed by atoms with Crippen LogP contribution in [-0.4, -0.2) is 10.9 Å². The first-order chi connectivity index (χ1) is 9.20. The van der Waals surface area contributed by atoms with Gasteiger partial charge < -0.3 is 11.1 Å². The maximum absolute atomic E-state index is 13.3. The monoisotopic (exact) mass is 259 g/mol. The molecule has 5 heteroatoms. The summed E-state index contributed by atoms with van der Waals surface area (Å²) in [6.45, 7) is 0.820. The van der Waals surface area contributed by atoms with Crippen molar-refractivity contribution in [2.24, 2.45) is 5.73 Å². The summed E-state index contributed by atoms with van der Waals surface area (Å²) in [5.41, 5.74) is 7.45. The van der Waals surface area contributed by atoms with Crippen molar-refractivity contribution in [3.63, 3.8) is 0 Å². The summed E-state index contributed by atoms with van der Waals surface area (Å²) in [7, 11) is 0. The Kier molecular flexibility index (Phi) is 4.20. The molecule has 0 aliphatic carbocycles. The van der Waals surface area contributed by atoms with Crippen molar-refractivity contribution >= 4 is 5.91 Å². The van der Waals surface area contributed by atoms with Crippen LogP contribution in [0.15, 0.2) is 42.7 Å². The summed E-state index contributed by atoms with van der Waals surface area (Å²) in [5.74, 6) is -1.08. The first-order valence-corrected chi connectivity index (χ1v) is 5.86. The van der Waals surface area contributed by atoms with Crippen molar-refractivity contribution in [1.82, 2.24) is 10.3 Å². The third-order valence-electron chi connectivity index (χ3n) is 2.73. The zero-order valence-corrected chi connectivity index (χ0v) is 10.3. The van der Waals surface area contributed by atoms with Gasteiger partial charge in [0, 0.05) is 19.3 Å². The molecule has 3 N–H and O–H groups in total. The molecule has 0 fully saturated rings. The number of nitrogens with zero attached hydrogens (tertiary/aromatic N) is 1. The lowest BCUT2D eigenvalue weighted by molar-refractivity contribution is 0.0946. The van der Waals surface area contributed by atoms with Gasteiger partial charge in [-0.2, -0.15) is 0 Å². The first kappa shape index (κ1) is 13.2. The second-order valence-electron chi connectivity index (χ2n) is 4.06. The van der Waals surface area contributed by atoms with Gasteiger partial charge in [-0.3, -0.25) is 9.78 Å². The Hall–Kier alpha value is -2.27. The van der Waals surface area contributed by atoms with Gasteiger partial charge in [-0.15, -0.1) is 0 Å². The van der Waals surface area contributed by atoms with Crippen LogP contribution in [0.4, 0.5) is 4.39 Å². The summed E-state index contributed by atoms with van der Waals surface area (Å²) in [6, 6.07) is 8.90. The van der Waals surface area contributed by atoms with Crippen molar-refractivity contribution in [3.8, 4) is 0 Å². The second-order valence-corrected chi connectivity index (χ2v) is 4.06. The van der Waals surface area contributed by atoms with Crippen LogP contribution < -0.4 is 11.1 Å². The molecule has 4 nitrogen and oxygen atoms in total. The predicted octanol–water partition coefficient (Wildman–Crippen LogP) is 1.61. The van der Waals surface area contributed by atoms with Crippen LogP contribution in [-0.2, 0) is 13.1 Å². The van der Waals surface area contributed by atoms with E-state index in [2.05, 4.69) is 10.3 Å². The highest BCUT2D eigenvalue weighted by atomic mass is 19.1. The normalized spacial score (nSPS) is 10.2. The fraction of sp³-hybridized carbons (Fsp3) is 0.143. The SMILES string of the molecule is NCc1ccc(CNC(=O)c2ccncc2F)cc1. The molecular weight excluding hydrogens is 245 g/mol. The van der Waals surface area contributed by atoms with E-state index in [0.717, 1.165) is 17.3 Å². The highest BCUT2D eigenvalue weighted by molar-refractivity contribution is 5.94. The number of pyridine rings is 1. The van der Waals surface area contributed by atoms with Gasteiger partial charge in [0.2, 0.25) is 0 Å². The van der Waals surface area contributed by atoms with Gasteiger partial charge >= 0.3 is 0 Å². The van der Waals surface area contributed by atoms with Crippen LogP contribution in [0.3, 0.4) is 0 Å². The Bertz CT molecular complexity index is 569. The first-order valence-electron chi connectivity index (χ1n) is 5.86. The quantitative estimate of drug-likeness (QED) is 0.876. The van der Waals surface area contributed by atoms with E-state index in [1.807, 2.05) is 24.3 Å². The molecule has 0 bridgehead atoms. The average molecular weight is 259 g/mol. The van der Waals surface area contributed by atoms with Crippen molar-refractivity contribution in [1.29, 1.82) is 0 Å². The molecule has 0 saturated carbocycles. The number of benzene rings is 1. The number of rotatable bonds is 4. The third kappa shape index (κ3) is 3.35. The van der Waals surface area contributed by atoms with E-state index in [9.17, 15) is 9.18 Å². The molecular formula is C14H14FN3O. The molecule has 0 atom stereocenters. The molecule has 0 spiro atoms. The lowest BCUT2D eigenvalue weighted by Gasteiger charge is -2.06. The summed E-state index contributed by atoms with van der Waals surface area (Å²) in [4.78, 5) is 15.4. The van der Waals surface area contributed by atoms with E-state index < -0.39 is 11.7 Å². The summed E-state index contributed by atoms with van der Waals surface area (Å²) >= 11 is 0. The van der Waals surface area contributed by atoms with Gasteiger partial charge in [0.05, 0.1) is 11.8 Å². The summed E-state index contributed by atoms with van der Waals surface area (Å²) < 4.78 is 13.3. The zero-order chi connectivity index (χ0) is 13.7. The van der Waals surface area contributed by atoms with Crippen molar-refractivity contribution in [2.75, 3.05) is 0 Å². The molecule has 1 aromatic carbocycles. The topological polar surface area (TPSA) is 68.0 Å². The van der Waals surface area contributed by atoms with Gasteiger partial charge in [-0.1, -0.05) is 24.3 Å². The summed E-state index contributed by atoms with van der Waals surface area (Å²) in [6.07, 6.45) is 2.40. The van der Waals surface area contributed by atoms with Gasteiger partial charge in [0.1, 0.15) is 0 Å². The van der Waals surface area contributed by atoms with E-state index in [1.165, 1.54) is 12.3 Å². The lowest BCUT2D eigenvalue weighted by atomic mass is 10.1. The lowest BCUT2D eigenvalue weighted by Crippen LogP contribution is -2.23. The van der Waals surface area contributed by atoms with Crippen LogP contribution in [0.25, 0.3) is 0 Å². The number of hydrogen-bond donors (Lipinski definition) is 2. The standard InChI is InChI=1S/C14H14FN3O/c15-13-9-17-6-5-12(13)14(19)18-8-11-3-1-10(7-16)2-4-11/h1-6,9H,7-8,16H2,(H,18,19). The Morgan fingerprint density at radius 3 is 2.53 bits per heavy atom. The van der Waals surface area contributed by atoms with E-state index in [-0.39, 0.29) is 5.56 Å². The van der Waals surface area contributed by atoms with Crippen molar-refractivity contribution in [2.45, 2.75) is 13.1 Å². The Morgan fingerprint density at radius 1 is 1.21 bits per heavy atom. The largest absolute Gasteiger partial charge is 0.348 e. The smallest absolute Gasteiger partial charge is 0.254 e. The van der Waals surface area contributed by atoms with Gasteiger partial charge in [0.15, 0.2) is 5.82 Å². The average Bonchev–Trinajstić information content (AvgIpc) is 2.46. The Morgan fingerprint density at radius 2 is 1.89 bits per heavy atom. The fourth-order valence-corrected chi connectivity index (χ4v) is 1.63. The van der Waals surface area contributed by atoms with E-state index in [0.29, 0.717) is 13.1 Å². The number of nitrogens with one attached hydrogen (secondary N) is 1. The van der Waals surface area contributed by atoms with E-state index >= 15 is 0 Å². The van der Waals surface area contributed by atoms with E-state index in [4.69, 9.17) is 5.73 Å². The number of hydrogen-bond acceptors (Lipinski definition) is 3. The molecule has 2 rings (SSSR count). The molecule has 19 heavy (non-hydrogen) atoms. The maximum Gasteiger partial charge on any atom is 0.254 e. The fourth-order valence-electron chi connectivity index (χ4n) is 1.63. The number of amides is 1. The number of carbonyl (C=O) groups is 1. The number of aromatic nitrogens is 1. The molecule has 0 aliphatic rings. The number of nitrogens with two attached hydrogens (primary N) is 1. The number of halogens is 1. The van der Waals surface area contributed by atoms with Crippen LogP contribution >= 0.6 is 0 Å². The van der Waals surface area contributed by atoms with Crippen LogP contribution in [0.5, 0.6) is 0 Å². The zero-order valence-electron chi connectivity index (χ0n) is 10.3. The minimum absolute atomic E-state index is 0.00595. The van der Waals surface area contributed by atoms with Gasteiger partial charge in [-0.05, 0) is 17.2 Å². The minimum atomic E-state index is -0.626. The molecule has 0 radical (unpaired) electrons. The molecule has 98 valence electrons. The van der Waals surface area contributed by atoms with Crippen LogP contribution in [0, 0.1) is 5.82 Å². The molecule has 2 aromatic rings. The van der Waals surface area contributed by atoms with Crippen molar-refractivity contribution < 1.29 is 9.18 Å². The Labute approximate surface area is 110 Å². The predicted molar refractivity (Wildman–Crippen MR) is 69.7 cm³/mol. The Balaban J connectivity index is 1.98.